The Morgan fingerprint density at radius 1 is 1.47 bits per heavy atom. The first-order chi connectivity index (χ1) is 8.28. The lowest BCUT2D eigenvalue weighted by Gasteiger charge is -2.25. The van der Waals surface area contributed by atoms with E-state index in [1.165, 1.54) is 11.3 Å². The van der Waals surface area contributed by atoms with Crippen molar-refractivity contribution < 1.29 is 9.53 Å². The molecule has 2 heterocycles. The highest BCUT2D eigenvalue weighted by Gasteiger charge is 2.12. The highest BCUT2D eigenvalue weighted by Crippen LogP contribution is 2.16. The molecule has 2 rings (SSSR count). The SMILES string of the molecule is Cl.Cl.NCC(=O)Nc1nc(CN2CCOCC2)cs1. The predicted molar refractivity (Wildman–Crippen MR) is 80.4 cm³/mol. The normalized spacial score (nSPS) is 15.2. The van der Waals surface area contributed by atoms with Crippen molar-refractivity contribution in [3.05, 3.63) is 11.1 Å². The highest BCUT2D eigenvalue weighted by atomic mass is 35.5. The Bertz CT molecular complexity index is 385. The van der Waals surface area contributed by atoms with Crippen LogP contribution in [0.5, 0.6) is 0 Å². The van der Waals surface area contributed by atoms with Gasteiger partial charge in [-0.15, -0.1) is 36.2 Å². The molecule has 9 heteroatoms. The second-order valence-corrected chi connectivity index (χ2v) is 4.64. The minimum atomic E-state index is -0.211. The topological polar surface area (TPSA) is 80.5 Å². The lowest BCUT2D eigenvalue weighted by molar-refractivity contribution is -0.114. The number of amides is 1. The molecule has 1 fully saturated rings. The number of carbonyl (C=O) groups is 1. The second-order valence-electron chi connectivity index (χ2n) is 3.78. The maximum atomic E-state index is 11.1. The Balaban J connectivity index is 0.00000162. The average Bonchev–Trinajstić information content (AvgIpc) is 2.77. The molecule has 6 nitrogen and oxygen atoms in total. The zero-order valence-corrected chi connectivity index (χ0v) is 12.8. The van der Waals surface area contributed by atoms with Gasteiger partial charge in [0, 0.05) is 25.0 Å². The van der Waals surface area contributed by atoms with Crippen molar-refractivity contribution >= 4 is 47.2 Å². The van der Waals surface area contributed by atoms with Crippen LogP contribution in [0.1, 0.15) is 5.69 Å². The van der Waals surface area contributed by atoms with Crippen LogP contribution in [-0.4, -0.2) is 48.6 Å². The summed E-state index contributed by atoms with van der Waals surface area (Å²) in [6.07, 6.45) is 0. The standard InChI is InChI=1S/C10H16N4O2S.2ClH/c11-5-9(15)13-10-12-8(7-17-10)6-14-1-3-16-4-2-14;;/h7H,1-6,11H2,(H,12,13,15);2*1H. The number of carbonyl (C=O) groups excluding carboxylic acids is 1. The van der Waals surface area contributed by atoms with Crippen molar-refractivity contribution in [2.24, 2.45) is 5.73 Å². The van der Waals surface area contributed by atoms with Gasteiger partial charge in [0.1, 0.15) is 0 Å². The van der Waals surface area contributed by atoms with Crippen molar-refractivity contribution in [3.8, 4) is 0 Å². The number of morpholine rings is 1. The maximum absolute atomic E-state index is 11.1. The number of hydrogen-bond donors (Lipinski definition) is 2. The van der Waals surface area contributed by atoms with Crippen molar-refractivity contribution in [1.29, 1.82) is 0 Å². The summed E-state index contributed by atoms with van der Waals surface area (Å²) in [5, 5.41) is 5.22. The van der Waals surface area contributed by atoms with Gasteiger partial charge in [-0.1, -0.05) is 0 Å². The predicted octanol–water partition coefficient (Wildman–Crippen LogP) is 0.716. The molecule has 0 bridgehead atoms. The zero-order chi connectivity index (χ0) is 12.1. The molecule has 1 amide bonds. The third-order valence-corrected chi connectivity index (χ3v) is 3.28. The smallest absolute Gasteiger partial charge is 0.239 e. The fourth-order valence-corrected chi connectivity index (χ4v) is 2.31. The number of nitrogens with one attached hydrogen (secondary N) is 1. The van der Waals surface area contributed by atoms with Gasteiger partial charge in [0.2, 0.25) is 5.91 Å². The molecule has 1 aliphatic rings. The quantitative estimate of drug-likeness (QED) is 0.851. The monoisotopic (exact) mass is 328 g/mol. The molecule has 0 unspecified atom stereocenters. The molecule has 0 aliphatic carbocycles. The first-order valence-corrected chi connectivity index (χ1v) is 6.40. The second kappa shape index (κ2) is 9.46. The van der Waals surface area contributed by atoms with Crippen LogP contribution < -0.4 is 11.1 Å². The van der Waals surface area contributed by atoms with Crippen molar-refractivity contribution in [2.75, 3.05) is 38.2 Å². The van der Waals surface area contributed by atoms with E-state index in [1.54, 1.807) is 0 Å². The number of thiazole rings is 1. The molecule has 0 atom stereocenters. The number of anilines is 1. The number of aromatic nitrogens is 1. The summed E-state index contributed by atoms with van der Waals surface area (Å²) in [4.78, 5) is 17.7. The van der Waals surface area contributed by atoms with Crippen LogP contribution in [0, 0.1) is 0 Å². The summed E-state index contributed by atoms with van der Waals surface area (Å²) in [5.74, 6) is -0.211. The Labute approximate surface area is 128 Å². The summed E-state index contributed by atoms with van der Waals surface area (Å²) < 4.78 is 5.28. The minimum absolute atomic E-state index is 0. The van der Waals surface area contributed by atoms with Gasteiger partial charge in [-0.2, -0.15) is 0 Å². The fourth-order valence-electron chi connectivity index (χ4n) is 1.60. The molecule has 0 aromatic carbocycles. The Morgan fingerprint density at radius 3 is 2.79 bits per heavy atom. The number of nitrogens with two attached hydrogens (primary N) is 1. The molecule has 0 saturated carbocycles. The Hall–Kier alpha value is -0.440. The molecule has 19 heavy (non-hydrogen) atoms. The number of hydrogen-bond acceptors (Lipinski definition) is 6. The van der Waals surface area contributed by atoms with Crippen LogP contribution in [0.25, 0.3) is 0 Å². The van der Waals surface area contributed by atoms with Gasteiger partial charge >= 0.3 is 0 Å². The molecule has 110 valence electrons. The summed E-state index contributed by atoms with van der Waals surface area (Å²) in [7, 11) is 0. The van der Waals surface area contributed by atoms with E-state index in [1.807, 2.05) is 5.38 Å². The third kappa shape index (κ3) is 6.03. The number of ether oxygens (including phenoxy) is 1. The number of nitrogens with zero attached hydrogens (tertiary/aromatic N) is 2. The Morgan fingerprint density at radius 2 is 2.16 bits per heavy atom. The van der Waals surface area contributed by atoms with E-state index in [4.69, 9.17) is 10.5 Å². The van der Waals surface area contributed by atoms with Crippen molar-refractivity contribution in [2.45, 2.75) is 6.54 Å². The fraction of sp³-hybridized carbons (Fsp3) is 0.600. The average molecular weight is 329 g/mol. The largest absolute Gasteiger partial charge is 0.379 e. The molecular formula is C10H18Cl2N4O2S. The van der Waals surface area contributed by atoms with E-state index in [2.05, 4.69) is 15.2 Å². The zero-order valence-electron chi connectivity index (χ0n) is 10.3. The molecule has 3 N–H and O–H groups in total. The van der Waals surface area contributed by atoms with E-state index in [-0.39, 0.29) is 37.3 Å². The van der Waals surface area contributed by atoms with E-state index in [9.17, 15) is 4.79 Å². The van der Waals surface area contributed by atoms with E-state index < -0.39 is 0 Å². The van der Waals surface area contributed by atoms with Crippen LogP contribution in [0.15, 0.2) is 5.38 Å². The molecule has 1 aromatic heterocycles. The minimum Gasteiger partial charge on any atom is -0.379 e. The van der Waals surface area contributed by atoms with Gasteiger partial charge in [-0.25, -0.2) is 4.98 Å². The van der Waals surface area contributed by atoms with Crippen LogP contribution >= 0.6 is 36.2 Å². The molecule has 0 spiro atoms. The van der Waals surface area contributed by atoms with Gasteiger partial charge in [0.25, 0.3) is 0 Å². The van der Waals surface area contributed by atoms with Gasteiger partial charge < -0.3 is 15.8 Å². The van der Waals surface area contributed by atoms with Crippen LogP contribution in [0.3, 0.4) is 0 Å². The van der Waals surface area contributed by atoms with Crippen molar-refractivity contribution in [3.63, 3.8) is 0 Å². The molecule has 0 radical (unpaired) electrons. The van der Waals surface area contributed by atoms with Gasteiger partial charge in [-0.05, 0) is 0 Å². The highest BCUT2D eigenvalue weighted by molar-refractivity contribution is 7.13. The van der Waals surface area contributed by atoms with E-state index >= 15 is 0 Å². The molecule has 1 aromatic rings. The first kappa shape index (κ1) is 18.6. The molecule has 1 saturated heterocycles. The van der Waals surface area contributed by atoms with Gasteiger partial charge in [0.15, 0.2) is 5.13 Å². The molecule has 1 aliphatic heterocycles. The molecular weight excluding hydrogens is 311 g/mol. The van der Waals surface area contributed by atoms with Crippen LogP contribution in [0.2, 0.25) is 0 Å². The Kier molecular flexibility index (Phi) is 9.24. The summed E-state index contributed by atoms with van der Waals surface area (Å²) in [6.45, 7) is 4.21. The number of halogens is 2. The summed E-state index contributed by atoms with van der Waals surface area (Å²) in [5.41, 5.74) is 6.19. The number of rotatable bonds is 4. The van der Waals surface area contributed by atoms with Gasteiger partial charge in [0.05, 0.1) is 25.5 Å². The van der Waals surface area contributed by atoms with E-state index in [0.717, 1.165) is 38.5 Å². The maximum Gasteiger partial charge on any atom is 0.239 e. The van der Waals surface area contributed by atoms with Gasteiger partial charge in [-0.3, -0.25) is 9.69 Å². The van der Waals surface area contributed by atoms with Crippen LogP contribution in [0.4, 0.5) is 5.13 Å². The summed E-state index contributed by atoms with van der Waals surface area (Å²) in [6, 6.07) is 0. The lowest BCUT2D eigenvalue weighted by atomic mass is 10.4. The van der Waals surface area contributed by atoms with E-state index in [0.29, 0.717) is 5.13 Å². The third-order valence-electron chi connectivity index (χ3n) is 2.47. The summed E-state index contributed by atoms with van der Waals surface area (Å²) >= 11 is 1.43. The van der Waals surface area contributed by atoms with Crippen LogP contribution in [-0.2, 0) is 16.1 Å². The lowest BCUT2D eigenvalue weighted by Crippen LogP contribution is -2.35. The van der Waals surface area contributed by atoms with Crippen molar-refractivity contribution in [1.82, 2.24) is 9.88 Å². The first-order valence-electron chi connectivity index (χ1n) is 5.52.